The third-order valence-corrected chi connectivity index (χ3v) is 9.46. The molecule has 8 aromatic carbocycles. The summed E-state index contributed by atoms with van der Waals surface area (Å²) in [5, 5.41) is 12.9. The number of furan rings is 1. The summed E-state index contributed by atoms with van der Waals surface area (Å²) in [5.41, 5.74) is 9.85. The average molecular weight is 533 g/mol. The normalized spacial score (nSPS) is 12.7. The Morgan fingerprint density at radius 3 is 1.81 bits per heavy atom. The highest BCUT2D eigenvalue weighted by Crippen LogP contribution is 2.49. The van der Waals surface area contributed by atoms with E-state index in [0.29, 0.717) is 0 Å². The molecule has 0 radical (unpaired) electrons. The van der Waals surface area contributed by atoms with Crippen molar-refractivity contribution < 1.29 is 4.42 Å². The molecule has 0 saturated heterocycles. The molecule has 194 valence electrons. The van der Waals surface area contributed by atoms with Crippen LogP contribution in [-0.2, 0) is 6.42 Å². The Labute approximate surface area is 242 Å². The fraction of sp³-hybridized carbons (Fsp3) is 0.0244. The van der Waals surface area contributed by atoms with E-state index < -0.39 is 0 Å². The molecule has 1 nitrogen and oxygen atoms in total. The first-order chi connectivity index (χ1) is 20.8. The van der Waals surface area contributed by atoms with Crippen molar-refractivity contribution in [1.82, 2.24) is 0 Å². The highest BCUT2D eigenvalue weighted by molar-refractivity contribution is 6.24. The largest absolute Gasteiger partial charge is 0.456 e. The summed E-state index contributed by atoms with van der Waals surface area (Å²) < 4.78 is 6.33. The summed E-state index contributed by atoms with van der Waals surface area (Å²) in [6.45, 7) is 0. The van der Waals surface area contributed by atoms with Crippen LogP contribution in [0.2, 0.25) is 0 Å². The van der Waals surface area contributed by atoms with Gasteiger partial charge in [0.1, 0.15) is 11.2 Å². The summed E-state index contributed by atoms with van der Waals surface area (Å²) in [4.78, 5) is 0. The first-order valence-corrected chi connectivity index (χ1v) is 14.7. The predicted molar refractivity (Wildman–Crippen MR) is 177 cm³/mol. The number of hydrogen-bond donors (Lipinski definition) is 0. The van der Waals surface area contributed by atoms with Crippen LogP contribution in [0.25, 0.3) is 87.3 Å². The van der Waals surface area contributed by atoms with Crippen LogP contribution >= 0.6 is 0 Å². The minimum absolute atomic E-state index is 0.926. The highest BCUT2D eigenvalue weighted by atomic mass is 16.3. The second kappa shape index (κ2) is 8.09. The molecular formula is C41H24O. The topological polar surface area (TPSA) is 13.1 Å². The number of rotatable bonds is 2. The van der Waals surface area contributed by atoms with Crippen LogP contribution in [0.4, 0.5) is 0 Å². The minimum atomic E-state index is 0.926. The van der Waals surface area contributed by atoms with E-state index in [1.807, 2.05) is 12.1 Å². The molecule has 0 aliphatic heterocycles. The van der Waals surface area contributed by atoms with E-state index in [9.17, 15) is 0 Å². The molecule has 1 heteroatoms. The van der Waals surface area contributed by atoms with Gasteiger partial charge in [0.15, 0.2) is 0 Å². The van der Waals surface area contributed by atoms with Gasteiger partial charge in [-0.25, -0.2) is 0 Å². The molecule has 42 heavy (non-hydrogen) atoms. The number of hydrogen-bond acceptors (Lipinski definition) is 1. The van der Waals surface area contributed by atoms with Crippen LogP contribution in [0.15, 0.2) is 138 Å². The van der Waals surface area contributed by atoms with Crippen molar-refractivity contribution in [3.05, 3.63) is 145 Å². The maximum absolute atomic E-state index is 6.33. The van der Waals surface area contributed by atoms with Gasteiger partial charge >= 0.3 is 0 Å². The van der Waals surface area contributed by atoms with Crippen LogP contribution in [0.3, 0.4) is 0 Å². The van der Waals surface area contributed by atoms with E-state index in [1.165, 1.54) is 76.5 Å². The van der Waals surface area contributed by atoms with Crippen LogP contribution < -0.4 is 0 Å². The van der Waals surface area contributed by atoms with Gasteiger partial charge in [-0.1, -0.05) is 115 Å². The fourth-order valence-electron chi connectivity index (χ4n) is 7.71. The molecular weight excluding hydrogens is 508 g/mol. The van der Waals surface area contributed by atoms with Crippen LogP contribution in [0, 0.1) is 0 Å². The number of fused-ring (bicyclic) bond motifs is 5. The molecule has 0 bridgehead atoms. The summed E-state index contributed by atoms with van der Waals surface area (Å²) in [7, 11) is 0. The number of para-hydroxylation sites is 1. The Morgan fingerprint density at radius 2 is 1.05 bits per heavy atom. The van der Waals surface area contributed by atoms with Crippen LogP contribution in [0.1, 0.15) is 11.1 Å². The molecule has 0 atom stereocenters. The molecule has 1 heterocycles. The molecule has 0 N–H and O–H groups in total. The van der Waals surface area contributed by atoms with Gasteiger partial charge in [0.25, 0.3) is 0 Å². The van der Waals surface area contributed by atoms with Crippen molar-refractivity contribution in [2.75, 3.05) is 0 Å². The highest BCUT2D eigenvalue weighted by Gasteiger charge is 2.24. The molecule has 0 fully saturated rings. The van der Waals surface area contributed by atoms with Crippen molar-refractivity contribution in [3.8, 4) is 22.3 Å². The Hall–Kier alpha value is -5.40. The van der Waals surface area contributed by atoms with Gasteiger partial charge < -0.3 is 4.42 Å². The Balaban J connectivity index is 1.31. The Bertz CT molecular complexity index is 2540. The minimum Gasteiger partial charge on any atom is -0.456 e. The Morgan fingerprint density at radius 1 is 0.429 bits per heavy atom. The zero-order valence-electron chi connectivity index (χ0n) is 22.8. The van der Waals surface area contributed by atoms with Crippen molar-refractivity contribution in [3.63, 3.8) is 0 Å². The summed E-state index contributed by atoms with van der Waals surface area (Å²) >= 11 is 0. The molecule has 1 aliphatic rings. The SMILES string of the molecule is c1cc2c3c(c1)ccc1ccc(-c4c5ccccc5c(-c5ccc6c(c5)oc5ccccc56)c5ccccc45)c(c13)C2. The lowest BCUT2D eigenvalue weighted by atomic mass is 9.84. The average Bonchev–Trinajstić information content (AvgIpc) is 3.62. The molecule has 1 aromatic heterocycles. The molecule has 0 saturated carbocycles. The van der Waals surface area contributed by atoms with Gasteiger partial charge in [-0.3, -0.25) is 0 Å². The van der Waals surface area contributed by atoms with Gasteiger partial charge in [0.05, 0.1) is 0 Å². The lowest BCUT2D eigenvalue weighted by Crippen LogP contribution is -1.94. The van der Waals surface area contributed by atoms with Crippen molar-refractivity contribution >= 4 is 65.0 Å². The molecule has 1 aliphatic carbocycles. The third-order valence-electron chi connectivity index (χ3n) is 9.46. The standard InChI is InChI=1S/C41H24O/c1-3-13-32-30(11-1)39(27-19-20-29-28-10-5-6-15-36(28)42-37(29)23-27)31-12-2-4-14-33(31)41(32)34-21-18-25-17-16-24-8-7-9-26-22-35(34)40(25)38(24)26/h1-21,23H,22H2. The smallest absolute Gasteiger partial charge is 0.136 e. The maximum atomic E-state index is 6.33. The molecule has 0 spiro atoms. The fourth-order valence-corrected chi connectivity index (χ4v) is 7.71. The summed E-state index contributed by atoms with van der Waals surface area (Å²) in [5.74, 6) is 0. The van der Waals surface area contributed by atoms with Gasteiger partial charge in [0, 0.05) is 10.8 Å². The third kappa shape index (κ3) is 2.87. The monoisotopic (exact) mass is 532 g/mol. The quantitative estimate of drug-likeness (QED) is 0.159. The first kappa shape index (κ1) is 22.3. The van der Waals surface area contributed by atoms with Gasteiger partial charge in [-0.15, -0.1) is 0 Å². The molecule has 9 aromatic rings. The van der Waals surface area contributed by atoms with Crippen molar-refractivity contribution in [2.45, 2.75) is 6.42 Å². The predicted octanol–water partition coefficient (Wildman–Crippen LogP) is 11.4. The number of benzene rings is 8. The zero-order chi connectivity index (χ0) is 27.4. The van der Waals surface area contributed by atoms with E-state index in [-0.39, 0.29) is 0 Å². The van der Waals surface area contributed by atoms with E-state index >= 15 is 0 Å². The van der Waals surface area contributed by atoms with Gasteiger partial charge in [-0.05, 0) is 101 Å². The van der Waals surface area contributed by atoms with E-state index in [0.717, 1.165) is 28.4 Å². The molecule has 0 unspecified atom stereocenters. The summed E-state index contributed by atoms with van der Waals surface area (Å²) in [6, 6.07) is 48.9. The van der Waals surface area contributed by atoms with E-state index in [2.05, 4.69) is 121 Å². The molecule has 10 rings (SSSR count). The first-order valence-electron chi connectivity index (χ1n) is 14.7. The van der Waals surface area contributed by atoms with Gasteiger partial charge in [0.2, 0.25) is 0 Å². The second-order valence-electron chi connectivity index (χ2n) is 11.6. The van der Waals surface area contributed by atoms with Crippen molar-refractivity contribution in [2.24, 2.45) is 0 Å². The lowest BCUT2D eigenvalue weighted by molar-refractivity contribution is 0.669. The van der Waals surface area contributed by atoms with Crippen LogP contribution in [-0.4, -0.2) is 0 Å². The maximum Gasteiger partial charge on any atom is 0.136 e. The van der Waals surface area contributed by atoms with E-state index in [4.69, 9.17) is 4.42 Å². The molecule has 0 amide bonds. The summed E-state index contributed by atoms with van der Waals surface area (Å²) in [6.07, 6.45) is 0.969. The van der Waals surface area contributed by atoms with Crippen LogP contribution in [0.5, 0.6) is 0 Å². The van der Waals surface area contributed by atoms with E-state index in [1.54, 1.807) is 0 Å². The van der Waals surface area contributed by atoms with Crippen molar-refractivity contribution in [1.29, 1.82) is 0 Å². The lowest BCUT2D eigenvalue weighted by Gasteiger charge is -2.19. The zero-order valence-corrected chi connectivity index (χ0v) is 22.8. The van der Waals surface area contributed by atoms with Gasteiger partial charge in [-0.2, -0.15) is 0 Å². The Kier molecular flexibility index (Phi) is 4.29. The second-order valence-corrected chi connectivity index (χ2v) is 11.6.